The summed E-state index contributed by atoms with van der Waals surface area (Å²) in [6.07, 6.45) is 3.80. The van der Waals surface area contributed by atoms with Crippen LogP contribution >= 0.6 is 12.4 Å². The van der Waals surface area contributed by atoms with Crippen LogP contribution in [0.25, 0.3) is 0 Å². The normalized spacial score (nSPS) is 20.6. The van der Waals surface area contributed by atoms with E-state index in [-0.39, 0.29) is 41.4 Å². The van der Waals surface area contributed by atoms with Gasteiger partial charge in [0, 0.05) is 6.04 Å². The van der Waals surface area contributed by atoms with Gasteiger partial charge in [-0.15, -0.1) is 12.4 Å². The lowest BCUT2D eigenvalue weighted by Gasteiger charge is -2.31. The third-order valence-electron chi connectivity index (χ3n) is 4.51. The topological polar surface area (TPSA) is 98.5 Å². The van der Waals surface area contributed by atoms with Crippen molar-refractivity contribution >= 4 is 28.4 Å². The molecule has 0 amide bonds. The third kappa shape index (κ3) is 5.41. The highest BCUT2D eigenvalue weighted by Gasteiger charge is 2.29. The Morgan fingerprint density at radius 2 is 2.00 bits per heavy atom. The molecule has 0 bridgehead atoms. The predicted octanol–water partition coefficient (Wildman–Crippen LogP) is 2.39. The highest BCUT2D eigenvalue weighted by atomic mass is 35.5. The van der Waals surface area contributed by atoms with Crippen LogP contribution in [0.5, 0.6) is 0 Å². The molecule has 0 aliphatic heterocycles. The molecule has 25 heavy (non-hydrogen) atoms. The number of carbonyl (C=O) groups is 1. The van der Waals surface area contributed by atoms with Gasteiger partial charge >= 0.3 is 5.97 Å². The highest BCUT2D eigenvalue weighted by molar-refractivity contribution is 7.89. The maximum Gasteiger partial charge on any atom is 0.338 e. The Morgan fingerprint density at radius 3 is 2.64 bits per heavy atom. The molecule has 2 unspecified atom stereocenters. The molecule has 1 aromatic carbocycles. The Labute approximate surface area is 156 Å². The van der Waals surface area contributed by atoms with Crippen molar-refractivity contribution in [1.29, 1.82) is 0 Å². The van der Waals surface area contributed by atoms with Crippen molar-refractivity contribution < 1.29 is 17.9 Å². The molecule has 8 heteroatoms. The lowest BCUT2D eigenvalue weighted by atomic mass is 9.85. The van der Waals surface area contributed by atoms with Crippen LogP contribution in [0.15, 0.2) is 23.1 Å². The SMILES string of the molecule is CCOC(=O)c1ccc(C)c(S(=O)(=O)NC2CCCCC2CN)c1.Cl. The van der Waals surface area contributed by atoms with Gasteiger partial charge < -0.3 is 10.5 Å². The van der Waals surface area contributed by atoms with E-state index in [4.69, 9.17) is 10.5 Å². The van der Waals surface area contributed by atoms with Gasteiger partial charge in [0.15, 0.2) is 0 Å². The van der Waals surface area contributed by atoms with E-state index in [0.29, 0.717) is 12.1 Å². The van der Waals surface area contributed by atoms with E-state index >= 15 is 0 Å². The summed E-state index contributed by atoms with van der Waals surface area (Å²) in [4.78, 5) is 12.0. The first-order valence-electron chi connectivity index (χ1n) is 8.39. The summed E-state index contributed by atoms with van der Waals surface area (Å²) in [5, 5.41) is 0. The summed E-state index contributed by atoms with van der Waals surface area (Å²) >= 11 is 0. The van der Waals surface area contributed by atoms with Crippen LogP contribution < -0.4 is 10.5 Å². The number of esters is 1. The van der Waals surface area contributed by atoms with Gasteiger partial charge in [0.2, 0.25) is 10.0 Å². The summed E-state index contributed by atoms with van der Waals surface area (Å²) in [6.45, 7) is 4.13. The lowest BCUT2D eigenvalue weighted by Crippen LogP contribution is -2.44. The molecule has 1 saturated carbocycles. The summed E-state index contributed by atoms with van der Waals surface area (Å²) in [5.74, 6) is -0.367. The molecule has 0 radical (unpaired) electrons. The first-order chi connectivity index (χ1) is 11.4. The number of sulfonamides is 1. The van der Waals surface area contributed by atoms with E-state index in [1.165, 1.54) is 6.07 Å². The van der Waals surface area contributed by atoms with Gasteiger partial charge in [-0.3, -0.25) is 0 Å². The molecule has 1 fully saturated rings. The molecule has 0 aromatic heterocycles. The summed E-state index contributed by atoms with van der Waals surface area (Å²) in [6, 6.07) is 4.44. The molecule has 0 spiro atoms. The first kappa shape index (κ1) is 21.9. The van der Waals surface area contributed by atoms with E-state index in [1.807, 2.05) is 0 Å². The van der Waals surface area contributed by atoms with Crippen molar-refractivity contribution in [1.82, 2.24) is 4.72 Å². The van der Waals surface area contributed by atoms with Crippen LogP contribution in [-0.4, -0.2) is 33.6 Å². The third-order valence-corrected chi connectivity index (χ3v) is 6.14. The number of benzene rings is 1. The van der Waals surface area contributed by atoms with Gasteiger partial charge in [-0.25, -0.2) is 17.9 Å². The molecule has 3 N–H and O–H groups in total. The Hall–Kier alpha value is -1.15. The average molecular weight is 391 g/mol. The zero-order valence-electron chi connectivity index (χ0n) is 14.7. The Kier molecular flexibility index (Phi) is 8.34. The molecular formula is C17H27ClN2O4S. The fourth-order valence-electron chi connectivity index (χ4n) is 3.14. The van der Waals surface area contributed by atoms with Gasteiger partial charge in [0.1, 0.15) is 0 Å². The smallest absolute Gasteiger partial charge is 0.338 e. The number of hydrogen-bond acceptors (Lipinski definition) is 5. The molecule has 2 rings (SSSR count). The number of aryl methyl sites for hydroxylation is 1. The van der Waals surface area contributed by atoms with Crippen LogP contribution in [0, 0.1) is 12.8 Å². The Balaban J connectivity index is 0.00000312. The minimum absolute atomic E-state index is 0. The number of carbonyl (C=O) groups excluding carboxylic acids is 1. The van der Waals surface area contributed by atoms with E-state index in [0.717, 1.165) is 25.7 Å². The Bertz CT molecular complexity index is 694. The number of nitrogens with two attached hydrogens (primary N) is 1. The van der Waals surface area contributed by atoms with Crippen LogP contribution in [0.2, 0.25) is 0 Å². The average Bonchev–Trinajstić information content (AvgIpc) is 2.55. The molecule has 1 aromatic rings. The van der Waals surface area contributed by atoms with Gasteiger partial charge in [-0.1, -0.05) is 18.9 Å². The maximum absolute atomic E-state index is 12.8. The van der Waals surface area contributed by atoms with Crippen molar-refractivity contribution in [2.75, 3.05) is 13.2 Å². The highest BCUT2D eigenvalue weighted by Crippen LogP contribution is 2.26. The number of nitrogens with one attached hydrogen (secondary N) is 1. The van der Waals surface area contributed by atoms with Crippen molar-refractivity contribution in [3.8, 4) is 0 Å². The fraction of sp³-hybridized carbons (Fsp3) is 0.588. The second-order valence-corrected chi connectivity index (χ2v) is 7.89. The van der Waals surface area contributed by atoms with E-state index in [1.54, 1.807) is 26.0 Å². The number of rotatable bonds is 6. The van der Waals surface area contributed by atoms with Crippen molar-refractivity contribution in [3.63, 3.8) is 0 Å². The van der Waals surface area contributed by atoms with Crippen molar-refractivity contribution in [2.45, 2.75) is 50.5 Å². The zero-order chi connectivity index (χ0) is 17.7. The summed E-state index contributed by atoms with van der Waals surface area (Å²) in [5.41, 5.74) is 6.61. The molecule has 0 saturated heterocycles. The van der Waals surface area contributed by atoms with Gasteiger partial charge in [-0.2, -0.15) is 0 Å². The fourth-order valence-corrected chi connectivity index (χ4v) is 4.75. The number of halogens is 1. The molecule has 6 nitrogen and oxygen atoms in total. The van der Waals surface area contributed by atoms with E-state index in [9.17, 15) is 13.2 Å². The molecule has 2 atom stereocenters. The second kappa shape index (κ2) is 9.52. The maximum atomic E-state index is 12.8. The van der Waals surface area contributed by atoms with E-state index < -0.39 is 16.0 Å². The van der Waals surface area contributed by atoms with Gasteiger partial charge in [-0.05, 0) is 56.8 Å². The molecule has 1 aliphatic rings. The van der Waals surface area contributed by atoms with Gasteiger partial charge in [0.25, 0.3) is 0 Å². The van der Waals surface area contributed by atoms with Crippen molar-refractivity contribution in [3.05, 3.63) is 29.3 Å². The monoisotopic (exact) mass is 390 g/mol. The summed E-state index contributed by atoms with van der Waals surface area (Å²) in [7, 11) is -3.72. The van der Waals surface area contributed by atoms with Crippen LogP contribution in [0.3, 0.4) is 0 Å². The second-order valence-electron chi connectivity index (χ2n) is 6.21. The molecular weight excluding hydrogens is 364 g/mol. The van der Waals surface area contributed by atoms with E-state index in [2.05, 4.69) is 4.72 Å². The van der Waals surface area contributed by atoms with Gasteiger partial charge in [0.05, 0.1) is 17.1 Å². The first-order valence-corrected chi connectivity index (χ1v) is 9.87. The molecule has 1 aliphatic carbocycles. The number of ether oxygens (including phenoxy) is 1. The zero-order valence-corrected chi connectivity index (χ0v) is 16.3. The number of hydrogen-bond donors (Lipinski definition) is 2. The predicted molar refractivity (Wildman–Crippen MR) is 99.5 cm³/mol. The Morgan fingerprint density at radius 1 is 1.32 bits per heavy atom. The van der Waals surface area contributed by atoms with Crippen LogP contribution in [0.4, 0.5) is 0 Å². The quantitative estimate of drug-likeness (QED) is 0.726. The van der Waals surface area contributed by atoms with Crippen LogP contribution in [0.1, 0.15) is 48.5 Å². The minimum atomic E-state index is -3.72. The minimum Gasteiger partial charge on any atom is -0.462 e. The lowest BCUT2D eigenvalue weighted by molar-refractivity contribution is 0.0526. The van der Waals surface area contributed by atoms with Crippen molar-refractivity contribution in [2.24, 2.45) is 11.7 Å². The van der Waals surface area contributed by atoms with Crippen LogP contribution in [-0.2, 0) is 14.8 Å². The molecule has 0 heterocycles. The standard InChI is InChI=1S/C17H26N2O4S.ClH/c1-3-23-17(20)13-9-8-12(2)16(10-13)24(21,22)19-15-7-5-4-6-14(15)11-18;/h8-10,14-15,19H,3-7,11,18H2,1-2H3;1H. The summed E-state index contributed by atoms with van der Waals surface area (Å²) < 4.78 is 33.4. The largest absolute Gasteiger partial charge is 0.462 e. The molecule has 142 valence electrons.